The van der Waals surface area contributed by atoms with Gasteiger partial charge >= 0.3 is 0 Å². The number of hydrogen-bond acceptors (Lipinski definition) is 2. The Balaban J connectivity index is 1.22. The number of aryl methyl sites for hydroxylation is 1. The van der Waals surface area contributed by atoms with Crippen LogP contribution in [-0.4, -0.2) is 18.7 Å². The lowest BCUT2D eigenvalue weighted by Crippen LogP contribution is -1.97. The van der Waals surface area contributed by atoms with Crippen LogP contribution in [0.2, 0.25) is 0 Å². The number of imidazole rings is 1. The van der Waals surface area contributed by atoms with Gasteiger partial charge in [-0.1, -0.05) is 66.4 Å². The summed E-state index contributed by atoms with van der Waals surface area (Å²) in [6, 6.07) is 45.4. The average molecular weight is 563 g/mol. The third-order valence-corrected chi connectivity index (χ3v) is 8.67. The Morgan fingerprint density at radius 1 is 0.619 bits per heavy atom. The molecule has 8 aromatic rings. The SMILES string of the molecule is [2H]C([2H])([2H])n1[cH+]n(-c2cccc(Sc3ccc4c5ccccc5n(-c5cc(-c6ccccc6)ccn5)c4c3)c2)c2ccccc21. The van der Waals surface area contributed by atoms with E-state index in [1.54, 1.807) is 18.1 Å². The third-order valence-electron chi connectivity index (χ3n) is 7.69. The fourth-order valence-electron chi connectivity index (χ4n) is 5.76. The molecular weight excluding hydrogens is 533 g/mol. The van der Waals surface area contributed by atoms with Crippen LogP contribution < -0.4 is 0 Å². The molecule has 4 nitrogen and oxygen atoms in total. The minimum atomic E-state index is -2.28. The summed E-state index contributed by atoms with van der Waals surface area (Å²) in [5.41, 5.74) is 6.87. The van der Waals surface area contributed by atoms with E-state index < -0.39 is 6.98 Å². The highest BCUT2D eigenvalue weighted by atomic mass is 32.2. The van der Waals surface area contributed by atoms with Gasteiger partial charge in [0.15, 0.2) is 17.4 Å². The van der Waals surface area contributed by atoms with Gasteiger partial charge in [-0.2, -0.15) is 4.57 Å². The number of benzene rings is 5. The highest BCUT2D eigenvalue weighted by Crippen LogP contribution is 2.37. The molecule has 3 aromatic heterocycles. The Kier molecular flexibility index (Phi) is 5.17. The van der Waals surface area contributed by atoms with E-state index in [-0.39, 0.29) is 0 Å². The van der Waals surface area contributed by atoms with Gasteiger partial charge in [0.05, 0.1) is 11.0 Å². The summed E-state index contributed by atoms with van der Waals surface area (Å²) in [4.78, 5) is 6.97. The first-order chi connectivity index (χ1) is 21.9. The maximum Gasteiger partial charge on any atom is 0.191 e. The summed E-state index contributed by atoms with van der Waals surface area (Å²) in [6.07, 6.45) is 3.55. The Morgan fingerprint density at radius 3 is 2.26 bits per heavy atom. The number of pyridine rings is 1. The van der Waals surface area contributed by atoms with E-state index in [2.05, 4.69) is 95.6 Å². The van der Waals surface area contributed by atoms with Crippen LogP contribution in [0.15, 0.2) is 156 Å². The highest BCUT2D eigenvalue weighted by molar-refractivity contribution is 7.99. The Morgan fingerprint density at radius 2 is 1.38 bits per heavy atom. The Labute approximate surface area is 252 Å². The molecule has 0 fully saturated rings. The minimum Gasteiger partial charge on any atom is -0.294 e. The van der Waals surface area contributed by atoms with E-state index in [1.807, 2.05) is 53.2 Å². The van der Waals surface area contributed by atoms with Crippen LogP contribution in [0.4, 0.5) is 0 Å². The van der Waals surface area contributed by atoms with Crippen molar-refractivity contribution in [2.75, 3.05) is 0 Å². The zero-order chi connectivity index (χ0) is 30.5. The van der Waals surface area contributed by atoms with E-state index in [9.17, 15) is 0 Å². The van der Waals surface area contributed by atoms with Crippen LogP contribution >= 0.6 is 11.8 Å². The lowest BCUT2D eigenvalue weighted by Gasteiger charge is -2.10. The molecule has 0 aliphatic rings. The summed E-state index contributed by atoms with van der Waals surface area (Å²) in [5.74, 6) is 0.869. The molecule has 0 saturated carbocycles. The van der Waals surface area contributed by atoms with E-state index in [1.165, 1.54) is 15.3 Å². The van der Waals surface area contributed by atoms with Crippen LogP contribution in [0.25, 0.3) is 55.5 Å². The Bertz CT molecular complexity index is 2360. The normalized spacial score (nSPS) is 12.9. The summed E-state index contributed by atoms with van der Waals surface area (Å²) in [7, 11) is 0. The molecule has 0 saturated heterocycles. The maximum absolute atomic E-state index is 8.04. The van der Waals surface area contributed by atoms with Crippen molar-refractivity contribution < 1.29 is 4.11 Å². The van der Waals surface area contributed by atoms with Crippen LogP contribution in [0.1, 0.15) is 4.11 Å². The molecule has 0 aliphatic heterocycles. The van der Waals surface area contributed by atoms with Crippen molar-refractivity contribution in [3.05, 3.63) is 146 Å². The summed E-state index contributed by atoms with van der Waals surface area (Å²) in [5, 5.41) is 2.35. The van der Waals surface area contributed by atoms with Crippen LogP contribution in [-0.2, 0) is 6.98 Å². The molecule has 0 atom stereocenters. The van der Waals surface area contributed by atoms with Gasteiger partial charge in [0.2, 0.25) is 0 Å². The molecule has 0 amide bonds. The monoisotopic (exact) mass is 562 g/mol. The van der Waals surface area contributed by atoms with Crippen molar-refractivity contribution in [2.24, 2.45) is 6.98 Å². The largest absolute Gasteiger partial charge is 0.294 e. The molecule has 0 aliphatic carbocycles. The zero-order valence-electron chi connectivity index (χ0n) is 25.6. The maximum atomic E-state index is 8.04. The molecule has 0 unspecified atom stereocenters. The van der Waals surface area contributed by atoms with Gasteiger partial charge in [0.25, 0.3) is 0 Å². The smallest absolute Gasteiger partial charge is 0.191 e. The van der Waals surface area contributed by atoms with Gasteiger partial charge in [0.1, 0.15) is 11.5 Å². The van der Waals surface area contributed by atoms with Gasteiger partial charge in [0, 0.05) is 62.1 Å². The molecular formula is C37H27N4S+. The zero-order valence-corrected chi connectivity index (χ0v) is 23.4. The summed E-state index contributed by atoms with van der Waals surface area (Å²) in [6.45, 7) is -2.28. The van der Waals surface area contributed by atoms with Gasteiger partial charge in [-0.3, -0.25) is 4.57 Å². The van der Waals surface area contributed by atoms with Gasteiger partial charge in [-0.05, 0) is 65.7 Å². The number of aromatic nitrogens is 4. The number of nitrogens with zero attached hydrogens (tertiary/aromatic N) is 4. The van der Waals surface area contributed by atoms with Crippen molar-refractivity contribution >= 4 is 44.6 Å². The molecule has 0 spiro atoms. The van der Waals surface area contributed by atoms with Gasteiger partial charge < -0.3 is 0 Å². The van der Waals surface area contributed by atoms with Crippen molar-refractivity contribution in [1.82, 2.24) is 18.7 Å². The lowest BCUT2D eigenvalue weighted by atomic mass is 10.1. The fourth-order valence-corrected chi connectivity index (χ4v) is 6.67. The standard InChI is InChI=1S/C37H27N4S/c1-39-25-40(35-17-8-7-16-34(35)39)28-12-9-13-29(23-28)42-30-18-19-32-31-14-5-6-15-33(31)41(36(32)24-30)37-22-27(20-21-38-37)26-10-3-2-4-11-26/h2-25H,1H3/q+1/i1D3. The van der Waals surface area contributed by atoms with E-state index in [0.717, 1.165) is 49.0 Å². The fraction of sp³-hybridized carbons (Fsp3) is 0.0270. The van der Waals surface area contributed by atoms with Gasteiger partial charge in [-0.25, -0.2) is 9.55 Å². The molecule has 42 heavy (non-hydrogen) atoms. The van der Waals surface area contributed by atoms with Crippen molar-refractivity contribution in [1.29, 1.82) is 0 Å². The first kappa shape index (κ1) is 21.6. The predicted molar refractivity (Wildman–Crippen MR) is 175 cm³/mol. The number of hydrogen-bond donors (Lipinski definition) is 0. The number of fused-ring (bicyclic) bond motifs is 4. The second-order valence-corrected chi connectivity index (χ2v) is 11.4. The second kappa shape index (κ2) is 10.1. The molecule has 8 rings (SSSR count). The van der Waals surface area contributed by atoms with Crippen molar-refractivity contribution in [3.63, 3.8) is 0 Å². The molecule has 3 heterocycles. The molecule has 5 aromatic carbocycles. The van der Waals surface area contributed by atoms with Crippen LogP contribution in [0, 0.1) is 0 Å². The van der Waals surface area contributed by atoms with Crippen LogP contribution in [0.5, 0.6) is 0 Å². The van der Waals surface area contributed by atoms with Crippen molar-refractivity contribution in [2.45, 2.75) is 9.79 Å². The second-order valence-electron chi connectivity index (χ2n) is 10.2. The van der Waals surface area contributed by atoms with Gasteiger partial charge in [-0.15, -0.1) is 0 Å². The Hall–Kier alpha value is -5.13. The molecule has 5 heteroatoms. The number of para-hydroxylation sites is 3. The van der Waals surface area contributed by atoms with E-state index >= 15 is 0 Å². The van der Waals surface area contributed by atoms with E-state index in [0.29, 0.717) is 5.52 Å². The molecule has 0 bridgehead atoms. The highest BCUT2D eigenvalue weighted by Gasteiger charge is 2.17. The summed E-state index contributed by atoms with van der Waals surface area (Å²) >= 11 is 1.68. The first-order valence-corrected chi connectivity index (χ1v) is 14.6. The third kappa shape index (κ3) is 4.18. The molecule has 200 valence electrons. The average Bonchev–Trinajstić information content (AvgIpc) is 3.62. The van der Waals surface area contributed by atoms with Crippen molar-refractivity contribution in [3.8, 4) is 22.6 Å². The summed E-state index contributed by atoms with van der Waals surface area (Å²) < 4.78 is 29.7. The first-order valence-electron chi connectivity index (χ1n) is 15.3. The van der Waals surface area contributed by atoms with E-state index in [4.69, 9.17) is 9.10 Å². The topological polar surface area (TPSA) is 27.7 Å². The quantitative estimate of drug-likeness (QED) is 0.195. The minimum absolute atomic E-state index is 0.666. The number of rotatable bonds is 5. The molecule has 0 N–H and O–H groups in total. The molecule has 0 radical (unpaired) electrons. The predicted octanol–water partition coefficient (Wildman–Crippen LogP) is 9.56. The van der Waals surface area contributed by atoms with Crippen LogP contribution in [0.3, 0.4) is 0 Å². The lowest BCUT2D eigenvalue weighted by molar-refractivity contribution is 0.909.